The summed E-state index contributed by atoms with van der Waals surface area (Å²) >= 11 is 0. The van der Waals surface area contributed by atoms with Gasteiger partial charge in [0.15, 0.2) is 0 Å². The molecule has 0 bridgehead atoms. The molecule has 0 aromatic rings. The first-order chi connectivity index (χ1) is 15.1. The molecule has 33 heavy (non-hydrogen) atoms. The molecular formula is C30H48O3. The lowest BCUT2D eigenvalue weighted by molar-refractivity contribution is -0.260. The molecule has 0 aromatic heterocycles. The molecule has 0 aromatic carbocycles. The Bertz CT molecular complexity index is 891. The summed E-state index contributed by atoms with van der Waals surface area (Å²) < 4.78 is 0. The van der Waals surface area contributed by atoms with E-state index in [-0.39, 0.29) is 68.4 Å². The van der Waals surface area contributed by atoms with Gasteiger partial charge in [0.25, 0.3) is 0 Å². The number of carbonyl (C=O) groups is 2. The number of hydrogen-bond acceptors (Lipinski definition) is 3. The highest BCUT2D eigenvalue weighted by atomic mass is 16.3. The molecule has 5 saturated carbocycles. The Labute approximate surface area is 201 Å². The van der Waals surface area contributed by atoms with Crippen LogP contribution in [0.1, 0.15) is 113 Å². The lowest BCUT2D eigenvalue weighted by Gasteiger charge is -2.74. The number of aliphatic hydroxyl groups excluding tert-OH is 1. The molecule has 3 nitrogen and oxygen atoms in total. The molecule has 0 heterocycles. The number of ketones is 2. The summed E-state index contributed by atoms with van der Waals surface area (Å²) in [5, 5.41) is 11.0. The van der Waals surface area contributed by atoms with Gasteiger partial charge in [-0.25, -0.2) is 0 Å². The van der Waals surface area contributed by atoms with E-state index in [1.165, 1.54) is 19.3 Å². The van der Waals surface area contributed by atoms with E-state index in [9.17, 15) is 14.7 Å². The van der Waals surface area contributed by atoms with Gasteiger partial charge in [-0.1, -0.05) is 55.4 Å². The summed E-state index contributed by atoms with van der Waals surface area (Å²) in [4.78, 5) is 26.3. The topological polar surface area (TPSA) is 54.4 Å². The van der Waals surface area contributed by atoms with E-state index >= 15 is 0 Å². The predicted molar refractivity (Wildman–Crippen MR) is 132 cm³/mol. The zero-order valence-corrected chi connectivity index (χ0v) is 22.5. The Kier molecular flexibility index (Phi) is 4.90. The van der Waals surface area contributed by atoms with E-state index in [4.69, 9.17) is 0 Å². The number of aliphatic hydroxyl groups is 1. The van der Waals surface area contributed by atoms with Crippen molar-refractivity contribution in [3.8, 4) is 0 Å². The largest absolute Gasteiger partial charge is 0.393 e. The van der Waals surface area contributed by atoms with Gasteiger partial charge in [0.2, 0.25) is 0 Å². The van der Waals surface area contributed by atoms with E-state index in [0.717, 1.165) is 32.1 Å². The highest BCUT2D eigenvalue weighted by molar-refractivity contribution is 6.04. The first kappa shape index (κ1) is 24.0. The minimum atomic E-state index is -0.213. The normalized spacial score (nSPS) is 58.0. The molecule has 0 aliphatic heterocycles. The lowest BCUT2D eigenvalue weighted by atomic mass is 9.30. The summed E-state index contributed by atoms with van der Waals surface area (Å²) in [5.41, 5.74) is 0.421. The van der Waals surface area contributed by atoms with Crippen LogP contribution in [0.4, 0.5) is 0 Å². The third kappa shape index (κ3) is 2.78. The maximum absolute atomic E-state index is 13.5. The van der Waals surface area contributed by atoms with Crippen LogP contribution in [0.5, 0.6) is 0 Å². The highest BCUT2D eigenvalue weighted by Gasteiger charge is 2.72. The zero-order valence-electron chi connectivity index (χ0n) is 22.5. The highest BCUT2D eigenvalue weighted by Crippen LogP contribution is 2.78. The van der Waals surface area contributed by atoms with E-state index in [0.29, 0.717) is 11.8 Å². The zero-order chi connectivity index (χ0) is 24.4. The molecule has 5 aliphatic carbocycles. The van der Waals surface area contributed by atoms with E-state index in [1.54, 1.807) is 0 Å². The minimum Gasteiger partial charge on any atom is -0.393 e. The van der Waals surface area contributed by atoms with Gasteiger partial charge in [-0.05, 0) is 95.7 Å². The first-order valence-electron chi connectivity index (χ1n) is 13.8. The third-order valence-corrected chi connectivity index (χ3v) is 13.6. The Balaban J connectivity index is 1.57. The van der Waals surface area contributed by atoms with Crippen LogP contribution < -0.4 is 0 Å². The van der Waals surface area contributed by atoms with Gasteiger partial charge in [-0.3, -0.25) is 9.59 Å². The van der Waals surface area contributed by atoms with Crippen LogP contribution in [-0.2, 0) is 9.59 Å². The number of Topliss-reactive ketones (excluding diaryl/α,β-unsaturated/α-hetero) is 2. The van der Waals surface area contributed by atoms with Crippen molar-refractivity contribution in [1.29, 1.82) is 0 Å². The Morgan fingerprint density at radius 1 is 0.727 bits per heavy atom. The van der Waals surface area contributed by atoms with E-state index in [2.05, 4.69) is 55.4 Å². The monoisotopic (exact) mass is 456 g/mol. The fourth-order valence-electron chi connectivity index (χ4n) is 11.1. The average molecular weight is 457 g/mol. The average Bonchev–Trinajstić information content (AvgIpc) is 2.70. The van der Waals surface area contributed by atoms with Crippen LogP contribution >= 0.6 is 0 Å². The molecule has 5 rings (SSSR count). The summed E-state index contributed by atoms with van der Waals surface area (Å²) in [6.07, 6.45) is 8.80. The molecule has 5 aliphatic rings. The molecule has 10 unspecified atom stereocenters. The van der Waals surface area contributed by atoms with Gasteiger partial charge >= 0.3 is 0 Å². The summed E-state index contributed by atoms with van der Waals surface area (Å²) in [6, 6.07) is 0. The van der Waals surface area contributed by atoms with Crippen LogP contribution in [0.2, 0.25) is 0 Å². The molecule has 186 valence electrons. The molecule has 10 atom stereocenters. The van der Waals surface area contributed by atoms with Crippen molar-refractivity contribution in [2.45, 2.75) is 119 Å². The second-order valence-electron chi connectivity index (χ2n) is 15.3. The second-order valence-corrected chi connectivity index (χ2v) is 15.3. The van der Waals surface area contributed by atoms with Crippen molar-refractivity contribution in [3.05, 3.63) is 0 Å². The smallest absolute Gasteiger partial charge is 0.144 e. The molecule has 1 N–H and O–H groups in total. The number of rotatable bonds is 0. The number of hydrogen-bond donors (Lipinski definition) is 1. The van der Waals surface area contributed by atoms with E-state index < -0.39 is 0 Å². The lowest BCUT2D eigenvalue weighted by Crippen LogP contribution is -2.69. The van der Waals surface area contributed by atoms with Crippen LogP contribution in [-0.4, -0.2) is 22.8 Å². The molecule has 0 spiro atoms. The fraction of sp³-hybridized carbons (Fsp3) is 0.933. The Morgan fingerprint density at radius 3 is 2.00 bits per heavy atom. The van der Waals surface area contributed by atoms with Crippen LogP contribution in [0.25, 0.3) is 0 Å². The van der Waals surface area contributed by atoms with Gasteiger partial charge in [0, 0.05) is 11.8 Å². The third-order valence-electron chi connectivity index (χ3n) is 13.6. The Morgan fingerprint density at radius 2 is 1.33 bits per heavy atom. The second kappa shape index (κ2) is 6.74. The first-order valence-corrected chi connectivity index (χ1v) is 13.8. The molecular weight excluding hydrogens is 408 g/mol. The van der Waals surface area contributed by atoms with Crippen LogP contribution in [0.3, 0.4) is 0 Å². The van der Waals surface area contributed by atoms with Gasteiger partial charge < -0.3 is 5.11 Å². The van der Waals surface area contributed by atoms with Crippen molar-refractivity contribution in [3.63, 3.8) is 0 Å². The van der Waals surface area contributed by atoms with Gasteiger partial charge in [-0.15, -0.1) is 0 Å². The quantitative estimate of drug-likeness (QED) is 0.417. The predicted octanol–water partition coefficient (Wildman–Crippen LogP) is 6.61. The summed E-state index contributed by atoms with van der Waals surface area (Å²) in [7, 11) is 0. The van der Waals surface area contributed by atoms with Crippen molar-refractivity contribution in [1.82, 2.24) is 0 Å². The number of fused-ring (bicyclic) bond motifs is 7. The fourth-order valence-corrected chi connectivity index (χ4v) is 11.1. The van der Waals surface area contributed by atoms with Gasteiger partial charge in [0.05, 0.1) is 12.5 Å². The molecule has 3 heteroatoms. The van der Waals surface area contributed by atoms with Gasteiger partial charge in [-0.2, -0.15) is 0 Å². The SMILES string of the molecule is CC1C(=O)CC(=O)C2C1(C)CCC1C2(C)CCC2(C)C3CC(C)(C)C(O)CC3(C)CCC12C. The maximum atomic E-state index is 13.5. The van der Waals surface area contributed by atoms with Crippen molar-refractivity contribution < 1.29 is 14.7 Å². The van der Waals surface area contributed by atoms with Crippen molar-refractivity contribution >= 4 is 11.6 Å². The van der Waals surface area contributed by atoms with Crippen molar-refractivity contribution in [2.75, 3.05) is 0 Å². The molecule has 0 saturated heterocycles. The summed E-state index contributed by atoms with van der Waals surface area (Å²) in [5.74, 6) is 1.57. The molecule has 0 radical (unpaired) electrons. The standard InChI is InChI=1S/C30H48O3/c1-18-19(31)15-20(32)24-27(18,5)10-9-21-28(24,6)12-14-30(8)22-16-25(2,3)23(33)17-26(22,4)11-13-29(21,30)7/h18,21-24,33H,9-17H2,1-8H3. The van der Waals surface area contributed by atoms with Gasteiger partial charge in [0.1, 0.15) is 11.6 Å². The minimum absolute atomic E-state index is 0.00521. The Hall–Kier alpha value is -0.700. The van der Waals surface area contributed by atoms with Crippen LogP contribution in [0, 0.1) is 56.2 Å². The summed E-state index contributed by atoms with van der Waals surface area (Å²) in [6.45, 7) is 19.0. The molecule has 5 fully saturated rings. The van der Waals surface area contributed by atoms with E-state index in [1.807, 2.05) is 0 Å². The van der Waals surface area contributed by atoms with Crippen molar-refractivity contribution in [2.24, 2.45) is 56.2 Å². The molecule has 0 amide bonds. The maximum Gasteiger partial charge on any atom is 0.144 e. The number of carbonyl (C=O) groups excluding carboxylic acids is 2. The van der Waals surface area contributed by atoms with Crippen LogP contribution in [0.15, 0.2) is 0 Å².